The maximum Gasteiger partial charge on any atom is 0.150 e. The summed E-state index contributed by atoms with van der Waals surface area (Å²) in [5.41, 5.74) is 0.327. The summed E-state index contributed by atoms with van der Waals surface area (Å²) in [6, 6.07) is 0. The van der Waals surface area contributed by atoms with Gasteiger partial charge < -0.3 is 5.32 Å². The smallest absolute Gasteiger partial charge is 0.150 e. The molecule has 0 aromatic carbocycles. The van der Waals surface area contributed by atoms with E-state index in [2.05, 4.69) is 5.32 Å². The molecule has 76 valence electrons. The van der Waals surface area contributed by atoms with Gasteiger partial charge in [-0.1, -0.05) is 0 Å². The number of hydrogen-bond donors (Lipinski definition) is 1. The van der Waals surface area contributed by atoms with Crippen molar-refractivity contribution in [1.82, 2.24) is 5.32 Å². The number of rotatable bonds is 1. The van der Waals surface area contributed by atoms with Crippen molar-refractivity contribution >= 4 is 9.84 Å². The van der Waals surface area contributed by atoms with Crippen LogP contribution in [0.1, 0.15) is 25.7 Å². The number of sulfone groups is 1. The molecule has 0 radical (unpaired) electrons. The molecule has 1 heterocycles. The van der Waals surface area contributed by atoms with Gasteiger partial charge in [-0.25, -0.2) is 8.42 Å². The molecule has 2 fully saturated rings. The predicted octanol–water partition coefficient (Wildman–Crippen LogP) is 0.563. The van der Waals surface area contributed by atoms with Crippen LogP contribution in [0.15, 0.2) is 0 Å². The van der Waals surface area contributed by atoms with E-state index in [-0.39, 0.29) is 5.25 Å². The molecule has 4 heteroatoms. The maximum atomic E-state index is 11.4. The van der Waals surface area contributed by atoms with Crippen LogP contribution in [0.3, 0.4) is 0 Å². The average molecular weight is 203 g/mol. The van der Waals surface area contributed by atoms with Crippen molar-refractivity contribution in [1.29, 1.82) is 0 Å². The van der Waals surface area contributed by atoms with Gasteiger partial charge in [0.2, 0.25) is 0 Å². The van der Waals surface area contributed by atoms with Crippen LogP contribution in [0.5, 0.6) is 0 Å². The highest BCUT2D eigenvalue weighted by Gasteiger charge is 2.44. The Morgan fingerprint density at radius 3 is 2.62 bits per heavy atom. The molecule has 2 unspecified atom stereocenters. The van der Waals surface area contributed by atoms with E-state index in [1.165, 1.54) is 12.7 Å². The summed E-state index contributed by atoms with van der Waals surface area (Å²) in [5, 5.41) is 3.27. The van der Waals surface area contributed by atoms with E-state index < -0.39 is 9.84 Å². The van der Waals surface area contributed by atoms with Gasteiger partial charge in [0, 0.05) is 12.8 Å². The highest BCUT2D eigenvalue weighted by molar-refractivity contribution is 7.91. The molecule has 2 atom stereocenters. The zero-order valence-corrected chi connectivity index (χ0v) is 8.86. The van der Waals surface area contributed by atoms with Crippen LogP contribution in [0.2, 0.25) is 0 Å². The van der Waals surface area contributed by atoms with E-state index in [1.807, 2.05) is 0 Å². The third-order valence-electron chi connectivity index (χ3n) is 3.59. The molecule has 1 aliphatic carbocycles. The zero-order valence-electron chi connectivity index (χ0n) is 8.04. The van der Waals surface area contributed by atoms with E-state index in [0.717, 1.165) is 32.4 Å². The van der Waals surface area contributed by atoms with Gasteiger partial charge in [0.25, 0.3) is 0 Å². The van der Waals surface area contributed by atoms with E-state index >= 15 is 0 Å². The average Bonchev–Trinajstić information content (AvgIpc) is 2.60. The highest BCUT2D eigenvalue weighted by atomic mass is 32.2. The van der Waals surface area contributed by atoms with Crippen LogP contribution < -0.4 is 5.32 Å². The van der Waals surface area contributed by atoms with Crippen LogP contribution in [0.4, 0.5) is 0 Å². The fourth-order valence-electron chi connectivity index (χ4n) is 2.70. The summed E-state index contributed by atoms with van der Waals surface area (Å²) in [4.78, 5) is 0. The second-order valence-corrected chi connectivity index (χ2v) is 6.95. The molecule has 0 aromatic heterocycles. The first kappa shape index (κ1) is 9.46. The van der Waals surface area contributed by atoms with Crippen molar-refractivity contribution in [3.8, 4) is 0 Å². The van der Waals surface area contributed by atoms with Crippen LogP contribution >= 0.6 is 0 Å². The van der Waals surface area contributed by atoms with Gasteiger partial charge in [-0.15, -0.1) is 0 Å². The Kier molecular flexibility index (Phi) is 2.15. The fourth-order valence-corrected chi connectivity index (χ4v) is 3.91. The third kappa shape index (κ3) is 1.74. The Morgan fingerprint density at radius 1 is 1.38 bits per heavy atom. The SMILES string of the molecule is CS(=O)(=O)C1CCC2(CCNC2)C1. The molecule has 1 spiro atoms. The molecule has 13 heavy (non-hydrogen) atoms. The minimum absolute atomic E-state index is 0.0626. The second-order valence-electron chi connectivity index (χ2n) is 4.62. The molecular formula is C9H17NO2S. The lowest BCUT2D eigenvalue weighted by atomic mass is 9.86. The third-order valence-corrected chi connectivity index (χ3v) is 5.21. The lowest BCUT2D eigenvalue weighted by Crippen LogP contribution is -2.23. The second kappa shape index (κ2) is 2.95. The van der Waals surface area contributed by atoms with E-state index in [1.54, 1.807) is 0 Å². The van der Waals surface area contributed by atoms with Crippen molar-refractivity contribution < 1.29 is 8.42 Å². The van der Waals surface area contributed by atoms with Gasteiger partial charge in [-0.3, -0.25) is 0 Å². The van der Waals surface area contributed by atoms with Crippen molar-refractivity contribution in [2.75, 3.05) is 19.3 Å². The van der Waals surface area contributed by atoms with Gasteiger partial charge in [-0.05, 0) is 37.6 Å². The first-order valence-corrected chi connectivity index (χ1v) is 6.87. The van der Waals surface area contributed by atoms with Gasteiger partial charge in [0.1, 0.15) is 9.84 Å². The Bertz CT molecular complexity index is 291. The first-order valence-electron chi connectivity index (χ1n) is 4.92. The number of hydrogen-bond acceptors (Lipinski definition) is 3. The van der Waals surface area contributed by atoms with E-state index in [9.17, 15) is 8.42 Å². The fraction of sp³-hybridized carbons (Fsp3) is 1.00. The van der Waals surface area contributed by atoms with E-state index in [0.29, 0.717) is 5.41 Å². The Morgan fingerprint density at radius 2 is 2.15 bits per heavy atom. The zero-order chi connectivity index (χ0) is 9.53. The Balaban J connectivity index is 2.09. The normalized spacial score (nSPS) is 40.2. The molecule has 1 saturated carbocycles. The molecule has 1 aliphatic heterocycles. The molecular weight excluding hydrogens is 186 g/mol. The minimum atomic E-state index is -2.79. The van der Waals surface area contributed by atoms with Crippen LogP contribution in [0.25, 0.3) is 0 Å². The Labute approximate surface area is 79.8 Å². The lowest BCUT2D eigenvalue weighted by Gasteiger charge is -2.21. The van der Waals surface area contributed by atoms with Crippen molar-refractivity contribution in [2.24, 2.45) is 5.41 Å². The highest BCUT2D eigenvalue weighted by Crippen LogP contribution is 2.44. The van der Waals surface area contributed by atoms with Gasteiger partial charge in [0.15, 0.2) is 0 Å². The molecule has 1 saturated heterocycles. The quantitative estimate of drug-likeness (QED) is 0.677. The van der Waals surface area contributed by atoms with Gasteiger partial charge in [0.05, 0.1) is 5.25 Å². The summed E-state index contributed by atoms with van der Waals surface area (Å²) < 4.78 is 22.7. The first-order chi connectivity index (χ1) is 6.02. The Hall–Kier alpha value is -0.0900. The van der Waals surface area contributed by atoms with E-state index in [4.69, 9.17) is 0 Å². The van der Waals surface area contributed by atoms with Crippen LogP contribution in [0, 0.1) is 5.41 Å². The number of nitrogens with one attached hydrogen (secondary N) is 1. The largest absolute Gasteiger partial charge is 0.316 e. The van der Waals surface area contributed by atoms with Gasteiger partial charge >= 0.3 is 0 Å². The molecule has 0 bridgehead atoms. The minimum Gasteiger partial charge on any atom is -0.316 e. The molecule has 3 nitrogen and oxygen atoms in total. The van der Waals surface area contributed by atoms with Crippen LogP contribution in [-0.4, -0.2) is 33.0 Å². The molecule has 2 rings (SSSR count). The summed E-state index contributed by atoms with van der Waals surface area (Å²) in [5.74, 6) is 0. The van der Waals surface area contributed by atoms with Gasteiger partial charge in [-0.2, -0.15) is 0 Å². The molecule has 0 amide bonds. The van der Waals surface area contributed by atoms with Crippen molar-refractivity contribution in [3.05, 3.63) is 0 Å². The van der Waals surface area contributed by atoms with Crippen molar-refractivity contribution in [3.63, 3.8) is 0 Å². The predicted molar refractivity (Wildman–Crippen MR) is 52.4 cm³/mol. The standard InChI is InChI=1S/C9H17NO2S/c1-13(11,12)8-2-3-9(6-8)4-5-10-7-9/h8,10H,2-7H2,1H3. The monoisotopic (exact) mass is 203 g/mol. The molecule has 2 aliphatic rings. The topological polar surface area (TPSA) is 46.2 Å². The summed E-state index contributed by atoms with van der Waals surface area (Å²) in [7, 11) is -2.79. The summed E-state index contributed by atoms with van der Waals surface area (Å²) in [6.07, 6.45) is 5.40. The molecule has 0 aromatic rings. The van der Waals surface area contributed by atoms with Crippen LogP contribution in [-0.2, 0) is 9.84 Å². The summed E-state index contributed by atoms with van der Waals surface area (Å²) >= 11 is 0. The summed E-state index contributed by atoms with van der Waals surface area (Å²) in [6.45, 7) is 2.09. The molecule has 1 N–H and O–H groups in total. The lowest BCUT2D eigenvalue weighted by molar-refractivity contribution is 0.336. The maximum absolute atomic E-state index is 11.4. The van der Waals surface area contributed by atoms with Crippen molar-refractivity contribution in [2.45, 2.75) is 30.9 Å².